The highest BCUT2D eigenvalue weighted by Gasteiger charge is 2.16. The van der Waals surface area contributed by atoms with E-state index in [-0.39, 0.29) is 12.0 Å². The highest BCUT2D eigenvalue weighted by molar-refractivity contribution is 6.04. The molecular weight excluding hydrogens is 376 g/mol. The van der Waals surface area contributed by atoms with Crippen molar-refractivity contribution in [2.45, 2.75) is 18.9 Å². The van der Waals surface area contributed by atoms with Crippen LogP contribution in [0.2, 0.25) is 0 Å². The Labute approximate surface area is 176 Å². The molecule has 1 saturated heterocycles. The fourth-order valence-electron chi connectivity index (χ4n) is 3.12. The van der Waals surface area contributed by atoms with E-state index >= 15 is 0 Å². The van der Waals surface area contributed by atoms with Crippen LogP contribution >= 0.6 is 0 Å². The summed E-state index contributed by atoms with van der Waals surface area (Å²) in [6.45, 7) is 1.35. The molecule has 1 fully saturated rings. The molecule has 2 aromatic carbocycles. The smallest absolute Gasteiger partial charge is 0.255 e. The van der Waals surface area contributed by atoms with Crippen LogP contribution in [-0.4, -0.2) is 30.2 Å². The molecule has 0 spiro atoms. The topological polar surface area (TPSA) is 60.5 Å². The summed E-state index contributed by atoms with van der Waals surface area (Å²) in [6, 6.07) is 20.2. The van der Waals surface area contributed by atoms with Gasteiger partial charge in [0.05, 0.1) is 6.10 Å². The van der Waals surface area contributed by atoms with Gasteiger partial charge in [-0.2, -0.15) is 0 Å². The molecule has 1 atom stereocenters. The average Bonchev–Trinajstić information content (AvgIpc) is 3.31. The van der Waals surface area contributed by atoms with Crippen molar-refractivity contribution in [2.75, 3.05) is 18.5 Å². The minimum Gasteiger partial charge on any atom is -0.491 e. The maximum Gasteiger partial charge on any atom is 0.255 e. The van der Waals surface area contributed by atoms with Crippen LogP contribution in [0.25, 0.3) is 0 Å². The van der Waals surface area contributed by atoms with Crippen LogP contribution in [0.4, 0.5) is 5.69 Å². The maximum absolute atomic E-state index is 12.6. The van der Waals surface area contributed by atoms with E-state index in [4.69, 9.17) is 9.47 Å². The normalized spacial score (nSPS) is 15.1. The molecule has 2 heterocycles. The quantitative estimate of drug-likeness (QED) is 0.652. The first-order valence-electron chi connectivity index (χ1n) is 9.95. The van der Waals surface area contributed by atoms with Gasteiger partial charge in [-0.05, 0) is 73.4 Å². The number of hydrogen-bond donors (Lipinski definition) is 1. The second-order valence-corrected chi connectivity index (χ2v) is 6.97. The molecule has 1 aliphatic rings. The molecule has 1 aliphatic heterocycles. The Morgan fingerprint density at radius 1 is 1.10 bits per heavy atom. The number of carbonyl (C=O) groups is 1. The lowest BCUT2D eigenvalue weighted by atomic mass is 10.1. The molecule has 0 aliphatic carbocycles. The number of aromatic nitrogens is 1. The fourth-order valence-corrected chi connectivity index (χ4v) is 3.12. The number of ether oxygens (including phenoxy) is 2. The molecule has 5 nitrogen and oxygen atoms in total. The van der Waals surface area contributed by atoms with E-state index in [9.17, 15) is 4.79 Å². The van der Waals surface area contributed by atoms with Crippen molar-refractivity contribution < 1.29 is 14.3 Å². The van der Waals surface area contributed by atoms with Gasteiger partial charge in [0, 0.05) is 29.6 Å². The lowest BCUT2D eigenvalue weighted by molar-refractivity contribution is 0.0679. The van der Waals surface area contributed by atoms with Crippen molar-refractivity contribution in [3.63, 3.8) is 0 Å². The SMILES string of the molecule is O=C(Nc1cccc(C#Cc2ccccn2)c1)c1ccc(OC[C@H]2CCCO2)cc1. The van der Waals surface area contributed by atoms with Gasteiger partial charge in [0.25, 0.3) is 5.91 Å². The summed E-state index contributed by atoms with van der Waals surface area (Å²) in [6.07, 6.45) is 4.00. The summed E-state index contributed by atoms with van der Waals surface area (Å²) in [5.41, 5.74) is 2.75. The molecule has 1 aromatic heterocycles. The molecule has 0 saturated carbocycles. The largest absolute Gasteiger partial charge is 0.491 e. The maximum atomic E-state index is 12.6. The summed E-state index contributed by atoms with van der Waals surface area (Å²) in [5.74, 6) is 6.63. The summed E-state index contributed by atoms with van der Waals surface area (Å²) in [7, 11) is 0. The number of hydrogen-bond acceptors (Lipinski definition) is 4. The van der Waals surface area contributed by atoms with E-state index in [0.29, 0.717) is 23.6 Å². The zero-order chi connectivity index (χ0) is 20.6. The molecule has 0 radical (unpaired) electrons. The second-order valence-electron chi connectivity index (χ2n) is 6.97. The van der Waals surface area contributed by atoms with Crippen LogP contribution in [0.5, 0.6) is 5.75 Å². The molecule has 1 amide bonds. The van der Waals surface area contributed by atoms with Gasteiger partial charge in [0.1, 0.15) is 18.1 Å². The predicted molar refractivity (Wildman–Crippen MR) is 116 cm³/mol. The average molecular weight is 398 g/mol. The van der Waals surface area contributed by atoms with Crippen molar-refractivity contribution in [2.24, 2.45) is 0 Å². The number of amides is 1. The van der Waals surface area contributed by atoms with E-state index in [2.05, 4.69) is 22.1 Å². The fraction of sp³-hybridized carbons (Fsp3) is 0.200. The standard InChI is InChI=1S/C25H22N2O3/c28-25(20-10-13-23(14-11-20)30-18-24-8-4-16-29-24)27-22-7-3-5-19(17-22)9-12-21-6-1-2-15-26-21/h1-3,5-7,10-11,13-15,17,24H,4,8,16,18H2,(H,27,28)/t24-/m1/s1. The predicted octanol–water partition coefficient (Wildman–Crippen LogP) is 4.29. The van der Waals surface area contributed by atoms with Crippen molar-refractivity contribution in [3.8, 4) is 17.6 Å². The Kier molecular flexibility index (Phi) is 6.38. The van der Waals surface area contributed by atoms with E-state index in [1.54, 1.807) is 30.5 Å². The molecule has 4 rings (SSSR count). The van der Waals surface area contributed by atoms with Crippen LogP contribution in [0.1, 0.15) is 34.5 Å². The Morgan fingerprint density at radius 2 is 2.00 bits per heavy atom. The van der Waals surface area contributed by atoms with E-state index in [0.717, 1.165) is 30.8 Å². The number of nitrogens with one attached hydrogen (secondary N) is 1. The summed E-state index contributed by atoms with van der Waals surface area (Å²) in [4.78, 5) is 16.8. The number of pyridine rings is 1. The molecule has 150 valence electrons. The Morgan fingerprint density at radius 3 is 2.77 bits per heavy atom. The zero-order valence-corrected chi connectivity index (χ0v) is 16.5. The van der Waals surface area contributed by atoms with Gasteiger partial charge in [-0.25, -0.2) is 4.98 Å². The monoisotopic (exact) mass is 398 g/mol. The first-order chi connectivity index (χ1) is 14.8. The highest BCUT2D eigenvalue weighted by atomic mass is 16.5. The molecular formula is C25H22N2O3. The van der Waals surface area contributed by atoms with Gasteiger partial charge in [-0.15, -0.1) is 0 Å². The van der Waals surface area contributed by atoms with Crippen molar-refractivity contribution in [3.05, 3.63) is 89.7 Å². The number of nitrogens with zero attached hydrogens (tertiary/aromatic N) is 1. The van der Waals surface area contributed by atoms with Crippen LogP contribution in [0, 0.1) is 11.8 Å². The molecule has 30 heavy (non-hydrogen) atoms. The van der Waals surface area contributed by atoms with Crippen LogP contribution < -0.4 is 10.1 Å². The lowest BCUT2D eigenvalue weighted by Gasteiger charge is -2.12. The number of anilines is 1. The van der Waals surface area contributed by atoms with E-state index in [1.165, 1.54) is 0 Å². The van der Waals surface area contributed by atoms with Gasteiger partial charge in [-0.1, -0.05) is 18.1 Å². The third kappa shape index (κ3) is 5.47. The lowest BCUT2D eigenvalue weighted by Crippen LogP contribution is -2.16. The summed E-state index contributed by atoms with van der Waals surface area (Å²) < 4.78 is 11.3. The van der Waals surface area contributed by atoms with E-state index in [1.807, 2.05) is 42.5 Å². The Hall–Kier alpha value is -3.62. The molecule has 3 aromatic rings. The molecule has 5 heteroatoms. The second kappa shape index (κ2) is 9.73. The van der Waals surface area contributed by atoms with Crippen LogP contribution in [-0.2, 0) is 4.74 Å². The van der Waals surface area contributed by atoms with Gasteiger partial charge < -0.3 is 14.8 Å². The van der Waals surface area contributed by atoms with Crippen LogP contribution in [0.3, 0.4) is 0 Å². The highest BCUT2D eigenvalue weighted by Crippen LogP contribution is 2.18. The Bertz CT molecular complexity index is 1050. The van der Waals surface area contributed by atoms with Gasteiger partial charge in [0.15, 0.2) is 0 Å². The molecule has 0 bridgehead atoms. The van der Waals surface area contributed by atoms with Crippen molar-refractivity contribution >= 4 is 11.6 Å². The number of benzene rings is 2. The first-order valence-corrected chi connectivity index (χ1v) is 9.95. The third-order valence-electron chi connectivity index (χ3n) is 4.70. The zero-order valence-electron chi connectivity index (χ0n) is 16.5. The van der Waals surface area contributed by atoms with E-state index < -0.39 is 0 Å². The summed E-state index contributed by atoms with van der Waals surface area (Å²) in [5, 5.41) is 2.91. The van der Waals surface area contributed by atoms with Gasteiger partial charge in [-0.3, -0.25) is 4.79 Å². The van der Waals surface area contributed by atoms with Gasteiger partial charge >= 0.3 is 0 Å². The van der Waals surface area contributed by atoms with Crippen molar-refractivity contribution in [1.82, 2.24) is 4.98 Å². The molecule has 1 N–H and O–H groups in total. The third-order valence-corrected chi connectivity index (χ3v) is 4.70. The number of carbonyl (C=O) groups excluding carboxylic acids is 1. The minimum absolute atomic E-state index is 0.168. The Balaban J connectivity index is 1.36. The van der Waals surface area contributed by atoms with Gasteiger partial charge in [0.2, 0.25) is 0 Å². The first kappa shape index (κ1) is 19.7. The molecule has 0 unspecified atom stereocenters. The minimum atomic E-state index is -0.185. The van der Waals surface area contributed by atoms with Crippen LogP contribution in [0.15, 0.2) is 72.9 Å². The van der Waals surface area contributed by atoms with Crippen molar-refractivity contribution in [1.29, 1.82) is 0 Å². The summed E-state index contributed by atoms with van der Waals surface area (Å²) >= 11 is 0. The number of rotatable bonds is 5.